The number of rotatable bonds is 5. The van der Waals surface area contributed by atoms with Gasteiger partial charge in [0, 0.05) is 33.0 Å². The molecule has 1 heterocycles. The van der Waals surface area contributed by atoms with E-state index in [-0.39, 0.29) is 30.6 Å². The first-order chi connectivity index (χ1) is 7.50. The number of carboxylic acid groups (broad SMARTS) is 1. The van der Waals surface area contributed by atoms with Crippen LogP contribution in [0, 0.1) is 5.92 Å². The molecule has 1 saturated heterocycles. The third-order valence-electron chi connectivity index (χ3n) is 2.59. The van der Waals surface area contributed by atoms with Gasteiger partial charge in [-0.15, -0.1) is 0 Å². The van der Waals surface area contributed by atoms with E-state index in [4.69, 9.17) is 5.11 Å². The summed E-state index contributed by atoms with van der Waals surface area (Å²) in [5, 5.41) is 11.1. The summed E-state index contributed by atoms with van der Waals surface area (Å²) in [5.74, 6) is -1.35. The minimum atomic E-state index is -0.862. The zero-order valence-electron chi connectivity index (χ0n) is 9.23. The van der Waals surface area contributed by atoms with Crippen LogP contribution in [-0.2, 0) is 14.4 Å². The van der Waals surface area contributed by atoms with Crippen molar-refractivity contribution in [2.24, 2.45) is 5.92 Å². The Morgan fingerprint density at radius 3 is 2.75 bits per heavy atom. The van der Waals surface area contributed by atoms with Gasteiger partial charge in [-0.3, -0.25) is 14.4 Å². The SMILES string of the molecule is CN(CCCC(=O)O)C(=O)C1CNC(=O)C1. The minimum absolute atomic E-state index is 0.0550. The molecule has 2 N–H and O–H groups in total. The number of aliphatic carboxylic acids is 1. The van der Waals surface area contributed by atoms with Crippen molar-refractivity contribution in [3.8, 4) is 0 Å². The van der Waals surface area contributed by atoms with Crippen LogP contribution < -0.4 is 5.32 Å². The van der Waals surface area contributed by atoms with Gasteiger partial charge in [0.2, 0.25) is 11.8 Å². The number of nitrogens with zero attached hydrogens (tertiary/aromatic N) is 1. The van der Waals surface area contributed by atoms with Crippen molar-refractivity contribution < 1.29 is 19.5 Å². The Morgan fingerprint density at radius 2 is 2.25 bits per heavy atom. The van der Waals surface area contributed by atoms with Crippen molar-refractivity contribution in [1.29, 1.82) is 0 Å². The monoisotopic (exact) mass is 228 g/mol. The van der Waals surface area contributed by atoms with Gasteiger partial charge >= 0.3 is 5.97 Å². The standard InChI is InChI=1S/C10H16N2O4/c1-12(4-2-3-9(14)15)10(16)7-5-8(13)11-6-7/h7H,2-6H2,1H3,(H,11,13)(H,14,15). The molecule has 6 heteroatoms. The van der Waals surface area contributed by atoms with E-state index in [2.05, 4.69) is 5.32 Å². The fourth-order valence-corrected chi connectivity index (χ4v) is 1.67. The lowest BCUT2D eigenvalue weighted by Gasteiger charge is -2.19. The summed E-state index contributed by atoms with van der Waals surface area (Å²) in [6.45, 7) is 0.802. The molecule has 2 amide bonds. The third-order valence-corrected chi connectivity index (χ3v) is 2.59. The average Bonchev–Trinajstić information content (AvgIpc) is 2.63. The molecule has 0 radical (unpaired) electrons. The molecule has 1 fully saturated rings. The summed E-state index contributed by atoms with van der Waals surface area (Å²) in [6.07, 6.45) is 0.729. The molecular formula is C10H16N2O4. The van der Waals surface area contributed by atoms with Gasteiger partial charge in [-0.05, 0) is 6.42 Å². The number of nitrogens with one attached hydrogen (secondary N) is 1. The Bertz CT molecular complexity index is 303. The molecule has 16 heavy (non-hydrogen) atoms. The van der Waals surface area contributed by atoms with Gasteiger partial charge in [0.15, 0.2) is 0 Å². The smallest absolute Gasteiger partial charge is 0.303 e. The highest BCUT2D eigenvalue weighted by Crippen LogP contribution is 2.12. The molecule has 0 spiro atoms. The van der Waals surface area contributed by atoms with Crippen LogP contribution in [0.15, 0.2) is 0 Å². The van der Waals surface area contributed by atoms with Gasteiger partial charge < -0.3 is 15.3 Å². The maximum absolute atomic E-state index is 11.8. The Morgan fingerprint density at radius 1 is 1.56 bits per heavy atom. The third kappa shape index (κ3) is 3.52. The second-order valence-corrected chi connectivity index (χ2v) is 3.96. The highest BCUT2D eigenvalue weighted by atomic mass is 16.4. The van der Waals surface area contributed by atoms with Crippen LogP contribution in [-0.4, -0.2) is 47.9 Å². The molecule has 1 aliphatic rings. The first-order valence-electron chi connectivity index (χ1n) is 5.24. The zero-order chi connectivity index (χ0) is 12.1. The Balaban J connectivity index is 2.30. The number of hydrogen-bond acceptors (Lipinski definition) is 3. The quantitative estimate of drug-likeness (QED) is 0.660. The summed E-state index contributed by atoms with van der Waals surface area (Å²) in [7, 11) is 1.63. The number of amides is 2. The van der Waals surface area contributed by atoms with E-state index < -0.39 is 5.97 Å². The Labute approximate surface area is 93.6 Å². The topological polar surface area (TPSA) is 86.7 Å². The number of carbonyl (C=O) groups is 3. The first kappa shape index (κ1) is 12.5. The van der Waals surface area contributed by atoms with E-state index >= 15 is 0 Å². The van der Waals surface area contributed by atoms with Gasteiger partial charge in [-0.1, -0.05) is 0 Å². The summed E-state index contributed by atoms with van der Waals surface area (Å²) in [5.41, 5.74) is 0. The largest absolute Gasteiger partial charge is 0.481 e. The lowest BCUT2D eigenvalue weighted by molar-refractivity contribution is -0.138. The fraction of sp³-hybridized carbons (Fsp3) is 0.700. The van der Waals surface area contributed by atoms with Gasteiger partial charge in [0.25, 0.3) is 0 Å². The van der Waals surface area contributed by atoms with E-state index in [1.165, 1.54) is 4.90 Å². The van der Waals surface area contributed by atoms with E-state index in [1.54, 1.807) is 7.05 Å². The molecule has 0 aromatic carbocycles. The molecule has 0 aromatic rings. The van der Waals surface area contributed by atoms with E-state index in [0.717, 1.165) is 0 Å². The van der Waals surface area contributed by atoms with E-state index in [0.29, 0.717) is 19.5 Å². The van der Waals surface area contributed by atoms with Crippen molar-refractivity contribution in [1.82, 2.24) is 10.2 Å². The van der Waals surface area contributed by atoms with Gasteiger partial charge in [0.1, 0.15) is 0 Å². The van der Waals surface area contributed by atoms with Gasteiger partial charge in [0.05, 0.1) is 5.92 Å². The zero-order valence-corrected chi connectivity index (χ0v) is 9.23. The molecular weight excluding hydrogens is 212 g/mol. The van der Waals surface area contributed by atoms with E-state index in [9.17, 15) is 14.4 Å². The first-order valence-corrected chi connectivity index (χ1v) is 5.24. The number of hydrogen-bond donors (Lipinski definition) is 2. The lowest BCUT2D eigenvalue weighted by Crippen LogP contribution is -2.34. The van der Waals surface area contributed by atoms with Crippen molar-refractivity contribution in [2.75, 3.05) is 20.1 Å². The van der Waals surface area contributed by atoms with Crippen LogP contribution in [0.4, 0.5) is 0 Å². The lowest BCUT2D eigenvalue weighted by atomic mass is 10.1. The second-order valence-electron chi connectivity index (χ2n) is 3.96. The normalized spacial score (nSPS) is 19.3. The number of carbonyl (C=O) groups excluding carboxylic acids is 2. The molecule has 0 aromatic heterocycles. The minimum Gasteiger partial charge on any atom is -0.481 e. The fourth-order valence-electron chi connectivity index (χ4n) is 1.67. The van der Waals surface area contributed by atoms with E-state index in [1.807, 2.05) is 0 Å². The maximum Gasteiger partial charge on any atom is 0.303 e. The number of carboxylic acids is 1. The van der Waals surface area contributed by atoms with Crippen molar-refractivity contribution >= 4 is 17.8 Å². The van der Waals surface area contributed by atoms with Gasteiger partial charge in [-0.2, -0.15) is 0 Å². The average molecular weight is 228 g/mol. The molecule has 0 saturated carbocycles. The molecule has 1 unspecified atom stereocenters. The van der Waals surface area contributed by atoms with Crippen LogP contribution in [0.2, 0.25) is 0 Å². The summed E-state index contributed by atoms with van der Waals surface area (Å²) >= 11 is 0. The summed E-state index contributed by atoms with van der Waals surface area (Å²) in [4.78, 5) is 34.5. The van der Waals surface area contributed by atoms with Gasteiger partial charge in [-0.25, -0.2) is 0 Å². The second kappa shape index (κ2) is 5.48. The molecule has 0 bridgehead atoms. The van der Waals surface area contributed by atoms with Crippen LogP contribution in [0.3, 0.4) is 0 Å². The maximum atomic E-state index is 11.8. The Kier molecular flexibility index (Phi) is 4.28. The molecule has 0 aliphatic carbocycles. The van der Waals surface area contributed by atoms with Crippen molar-refractivity contribution in [2.45, 2.75) is 19.3 Å². The predicted molar refractivity (Wildman–Crippen MR) is 55.6 cm³/mol. The summed E-state index contributed by atoms with van der Waals surface area (Å²) in [6, 6.07) is 0. The summed E-state index contributed by atoms with van der Waals surface area (Å²) < 4.78 is 0. The molecule has 6 nitrogen and oxygen atoms in total. The molecule has 1 aliphatic heterocycles. The van der Waals surface area contributed by atoms with Crippen molar-refractivity contribution in [3.05, 3.63) is 0 Å². The molecule has 1 atom stereocenters. The molecule has 1 rings (SSSR count). The van der Waals surface area contributed by atoms with Crippen LogP contribution in [0.1, 0.15) is 19.3 Å². The Hall–Kier alpha value is -1.59. The highest BCUT2D eigenvalue weighted by molar-refractivity contribution is 5.89. The highest BCUT2D eigenvalue weighted by Gasteiger charge is 2.29. The molecule has 90 valence electrons. The van der Waals surface area contributed by atoms with Crippen LogP contribution in [0.25, 0.3) is 0 Å². The van der Waals surface area contributed by atoms with Crippen LogP contribution >= 0.6 is 0 Å². The van der Waals surface area contributed by atoms with Crippen molar-refractivity contribution in [3.63, 3.8) is 0 Å². The van der Waals surface area contributed by atoms with Crippen LogP contribution in [0.5, 0.6) is 0 Å². The predicted octanol–water partition coefficient (Wildman–Crippen LogP) is -0.554.